The number of amides is 1. The van der Waals surface area contributed by atoms with Crippen molar-refractivity contribution in [2.45, 2.75) is 25.9 Å². The van der Waals surface area contributed by atoms with E-state index in [1.54, 1.807) is 12.1 Å². The molecule has 4 aromatic carbocycles. The van der Waals surface area contributed by atoms with Gasteiger partial charge in [0.1, 0.15) is 5.92 Å². The molecular weight excluding hydrogens is 422 g/mol. The Morgan fingerprint density at radius 1 is 0.676 bits per heavy atom. The highest BCUT2D eigenvalue weighted by Crippen LogP contribution is 2.30. The van der Waals surface area contributed by atoms with Gasteiger partial charge in [-0.1, -0.05) is 103 Å². The van der Waals surface area contributed by atoms with Crippen LogP contribution in [-0.4, -0.2) is 11.9 Å². The number of hydrogen-bond donors (Lipinski definition) is 1. The summed E-state index contributed by atoms with van der Waals surface area (Å²) in [4.78, 5) is 27.0. The highest BCUT2D eigenvalue weighted by atomic mass is 16.5. The maximum absolute atomic E-state index is 13.6. The fraction of sp³-hybridized carbons (Fsp3) is 0.133. The van der Waals surface area contributed by atoms with Crippen LogP contribution >= 0.6 is 0 Å². The average Bonchev–Trinajstić information content (AvgIpc) is 2.87. The number of esters is 1. The molecule has 0 bridgehead atoms. The van der Waals surface area contributed by atoms with Crippen molar-refractivity contribution in [2.75, 3.05) is 5.32 Å². The van der Waals surface area contributed by atoms with E-state index < -0.39 is 23.9 Å². The van der Waals surface area contributed by atoms with Crippen molar-refractivity contribution in [1.82, 2.24) is 0 Å². The Bertz CT molecular complexity index is 1210. The molecule has 0 aliphatic heterocycles. The van der Waals surface area contributed by atoms with Crippen LogP contribution in [0.15, 0.2) is 109 Å². The van der Waals surface area contributed by atoms with Gasteiger partial charge in [0.15, 0.2) is 0 Å². The van der Waals surface area contributed by atoms with Crippen molar-refractivity contribution in [3.05, 3.63) is 137 Å². The highest BCUT2D eigenvalue weighted by molar-refractivity contribution is 5.97. The number of carbonyl (C=O) groups is 2. The molecule has 34 heavy (non-hydrogen) atoms. The standard InChI is InChI=1S/C30H27NO3/c1-21-18-19-22(2)26(20-21)31-29(32)28(25-16-10-5-11-17-25)34-30(33)27(23-12-6-3-7-13-23)24-14-8-4-9-15-24/h3-20,27-28H,1-2H3,(H,31,32)/t28-/m0/s1. The van der Waals surface area contributed by atoms with E-state index in [1.165, 1.54) is 0 Å². The summed E-state index contributed by atoms with van der Waals surface area (Å²) < 4.78 is 5.96. The summed E-state index contributed by atoms with van der Waals surface area (Å²) in [6.07, 6.45) is -1.09. The van der Waals surface area contributed by atoms with Gasteiger partial charge in [0.25, 0.3) is 5.91 Å². The van der Waals surface area contributed by atoms with Gasteiger partial charge in [-0.05, 0) is 42.2 Å². The van der Waals surface area contributed by atoms with Gasteiger partial charge < -0.3 is 10.1 Å². The number of benzene rings is 4. The Hall–Kier alpha value is -4.18. The SMILES string of the molecule is Cc1ccc(C)c(NC(=O)[C@@H](OC(=O)C(c2ccccc2)c2ccccc2)c2ccccc2)c1. The van der Waals surface area contributed by atoms with E-state index in [-0.39, 0.29) is 0 Å². The number of ether oxygens (including phenoxy) is 1. The van der Waals surface area contributed by atoms with Gasteiger partial charge in [-0.3, -0.25) is 9.59 Å². The number of nitrogens with one attached hydrogen (secondary N) is 1. The van der Waals surface area contributed by atoms with Crippen LogP contribution in [-0.2, 0) is 14.3 Å². The van der Waals surface area contributed by atoms with Gasteiger partial charge in [-0.2, -0.15) is 0 Å². The smallest absolute Gasteiger partial charge is 0.319 e. The molecule has 4 aromatic rings. The molecule has 0 unspecified atom stereocenters. The third kappa shape index (κ3) is 5.41. The van der Waals surface area contributed by atoms with E-state index >= 15 is 0 Å². The van der Waals surface area contributed by atoms with Gasteiger partial charge in [0, 0.05) is 11.3 Å². The van der Waals surface area contributed by atoms with Gasteiger partial charge in [-0.25, -0.2) is 0 Å². The van der Waals surface area contributed by atoms with Crippen LogP contribution in [0.25, 0.3) is 0 Å². The molecule has 0 radical (unpaired) electrons. The lowest BCUT2D eigenvalue weighted by molar-refractivity contribution is -0.155. The highest BCUT2D eigenvalue weighted by Gasteiger charge is 2.31. The van der Waals surface area contributed by atoms with Crippen LogP contribution in [0.5, 0.6) is 0 Å². The van der Waals surface area contributed by atoms with E-state index in [9.17, 15) is 9.59 Å². The molecule has 0 saturated heterocycles. The lowest BCUT2D eigenvalue weighted by atomic mass is 9.91. The van der Waals surface area contributed by atoms with Gasteiger partial charge >= 0.3 is 5.97 Å². The largest absolute Gasteiger partial charge is 0.447 e. The third-order valence-electron chi connectivity index (χ3n) is 5.73. The summed E-state index contributed by atoms with van der Waals surface area (Å²) in [6, 6.07) is 33.9. The monoisotopic (exact) mass is 449 g/mol. The van der Waals surface area contributed by atoms with Crippen molar-refractivity contribution < 1.29 is 14.3 Å². The van der Waals surface area contributed by atoms with E-state index in [0.717, 1.165) is 22.3 Å². The number of rotatable bonds is 7. The van der Waals surface area contributed by atoms with Crippen molar-refractivity contribution in [3.63, 3.8) is 0 Å². The van der Waals surface area contributed by atoms with Crippen LogP contribution in [0, 0.1) is 13.8 Å². The van der Waals surface area contributed by atoms with E-state index in [2.05, 4.69) is 5.32 Å². The molecule has 0 aliphatic rings. The molecule has 4 heteroatoms. The Morgan fingerprint density at radius 2 is 1.18 bits per heavy atom. The third-order valence-corrected chi connectivity index (χ3v) is 5.73. The average molecular weight is 450 g/mol. The van der Waals surface area contributed by atoms with Crippen LogP contribution in [0.4, 0.5) is 5.69 Å². The fourth-order valence-electron chi connectivity index (χ4n) is 3.91. The zero-order valence-electron chi connectivity index (χ0n) is 19.3. The maximum Gasteiger partial charge on any atom is 0.319 e. The summed E-state index contributed by atoms with van der Waals surface area (Å²) in [5.41, 5.74) is 4.88. The molecular formula is C30H27NO3. The molecule has 4 nitrogen and oxygen atoms in total. The van der Waals surface area contributed by atoms with Gasteiger partial charge in [0.2, 0.25) is 6.10 Å². The summed E-state index contributed by atoms with van der Waals surface area (Å²) in [5.74, 6) is -1.53. The van der Waals surface area contributed by atoms with E-state index in [1.807, 2.05) is 111 Å². The predicted molar refractivity (Wildman–Crippen MR) is 135 cm³/mol. The summed E-state index contributed by atoms with van der Waals surface area (Å²) in [5, 5.41) is 2.96. The zero-order valence-corrected chi connectivity index (χ0v) is 19.3. The first kappa shape index (κ1) is 23.0. The molecule has 1 atom stereocenters. The molecule has 4 rings (SSSR count). The normalized spacial score (nSPS) is 11.6. The van der Waals surface area contributed by atoms with Crippen LogP contribution in [0.2, 0.25) is 0 Å². The molecule has 0 aliphatic carbocycles. The second-order valence-electron chi connectivity index (χ2n) is 8.29. The molecule has 1 amide bonds. The van der Waals surface area contributed by atoms with Crippen molar-refractivity contribution in [3.8, 4) is 0 Å². The van der Waals surface area contributed by atoms with Gasteiger partial charge in [-0.15, -0.1) is 0 Å². The van der Waals surface area contributed by atoms with Crippen LogP contribution < -0.4 is 5.32 Å². The van der Waals surface area contributed by atoms with Crippen LogP contribution in [0.3, 0.4) is 0 Å². The number of hydrogen-bond acceptors (Lipinski definition) is 3. The molecule has 0 heterocycles. The number of carbonyl (C=O) groups excluding carboxylic acids is 2. The van der Waals surface area contributed by atoms with Crippen LogP contribution in [0.1, 0.15) is 39.8 Å². The van der Waals surface area contributed by atoms with E-state index in [4.69, 9.17) is 4.74 Å². The summed E-state index contributed by atoms with van der Waals surface area (Å²) >= 11 is 0. The maximum atomic E-state index is 13.6. The zero-order chi connectivity index (χ0) is 23.9. The quantitative estimate of drug-likeness (QED) is 0.334. The van der Waals surface area contributed by atoms with Crippen molar-refractivity contribution in [1.29, 1.82) is 0 Å². The molecule has 0 saturated carbocycles. The Morgan fingerprint density at radius 3 is 1.71 bits per heavy atom. The Balaban J connectivity index is 1.67. The lowest BCUT2D eigenvalue weighted by Crippen LogP contribution is -2.28. The Labute approximate surface area is 200 Å². The molecule has 170 valence electrons. The minimum Gasteiger partial charge on any atom is -0.447 e. The predicted octanol–water partition coefficient (Wildman–Crippen LogP) is 6.36. The van der Waals surface area contributed by atoms with Gasteiger partial charge in [0.05, 0.1) is 0 Å². The first-order valence-corrected chi connectivity index (χ1v) is 11.3. The summed E-state index contributed by atoms with van der Waals surface area (Å²) in [7, 11) is 0. The second kappa shape index (κ2) is 10.6. The first-order valence-electron chi connectivity index (χ1n) is 11.3. The minimum atomic E-state index is -1.09. The topological polar surface area (TPSA) is 55.4 Å². The van der Waals surface area contributed by atoms with E-state index in [0.29, 0.717) is 11.3 Å². The number of aryl methyl sites for hydroxylation is 2. The molecule has 1 N–H and O–H groups in total. The molecule has 0 fully saturated rings. The fourth-order valence-corrected chi connectivity index (χ4v) is 3.91. The van der Waals surface area contributed by atoms with Crippen molar-refractivity contribution in [2.24, 2.45) is 0 Å². The summed E-state index contributed by atoms with van der Waals surface area (Å²) in [6.45, 7) is 3.90. The minimum absolute atomic E-state index is 0.395. The second-order valence-corrected chi connectivity index (χ2v) is 8.29. The molecule has 0 spiro atoms. The Kier molecular flexibility index (Phi) is 7.19. The molecule has 0 aromatic heterocycles. The lowest BCUT2D eigenvalue weighted by Gasteiger charge is -2.23. The first-order chi connectivity index (χ1) is 16.5. The van der Waals surface area contributed by atoms with Crippen molar-refractivity contribution >= 4 is 17.6 Å². The number of anilines is 1.